The van der Waals surface area contributed by atoms with Crippen LogP contribution in [0.5, 0.6) is 0 Å². The van der Waals surface area contributed by atoms with Crippen molar-refractivity contribution in [2.45, 2.75) is 25.3 Å². The van der Waals surface area contributed by atoms with E-state index in [1.165, 1.54) is 12.1 Å². The third-order valence-corrected chi connectivity index (χ3v) is 5.21. The second kappa shape index (κ2) is 6.13. The van der Waals surface area contributed by atoms with Crippen LogP contribution in [0.3, 0.4) is 0 Å². The Hall–Kier alpha value is -1.09. The molecule has 2 aromatic heterocycles. The van der Waals surface area contributed by atoms with Gasteiger partial charge in [-0.2, -0.15) is 0 Å². The van der Waals surface area contributed by atoms with Gasteiger partial charge in [-0.05, 0) is 32.4 Å². The molecule has 0 aliphatic carbocycles. The smallest absolute Gasteiger partial charge is 0.247 e. The first-order valence-electron chi connectivity index (χ1n) is 5.80. The molecule has 108 valence electrons. The van der Waals surface area contributed by atoms with Gasteiger partial charge in [-0.15, -0.1) is 21.5 Å². The molecule has 0 bridgehead atoms. The molecule has 2 rings (SSSR count). The van der Waals surface area contributed by atoms with E-state index in [0.29, 0.717) is 6.42 Å². The van der Waals surface area contributed by atoms with Crippen LogP contribution in [0.15, 0.2) is 17.2 Å². The molecule has 0 aliphatic rings. The first-order chi connectivity index (χ1) is 9.38. The molecule has 0 aromatic carbocycles. The normalized spacial score (nSPS) is 11.8. The fraction of sp³-hybridized carbons (Fsp3) is 0.364. The van der Waals surface area contributed by atoms with Gasteiger partial charge in [0.05, 0.1) is 10.7 Å². The number of aromatic nitrogens is 3. The first kappa shape index (κ1) is 15.3. The van der Waals surface area contributed by atoms with Crippen molar-refractivity contribution in [3.05, 3.63) is 32.9 Å². The zero-order chi connectivity index (χ0) is 14.8. The molecule has 0 unspecified atom stereocenters. The number of sulfonamides is 1. The molecular weight excluding hydrogens is 320 g/mol. The highest BCUT2D eigenvalue weighted by Gasteiger charge is 2.16. The molecule has 20 heavy (non-hydrogen) atoms. The Kier molecular flexibility index (Phi) is 4.69. The highest BCUT2D eigenvalue weighted by molar-refractivity contribution is 7.89. The van der Waals surface area contributed by atoms with Gasteiger partial charge in [0.2, 0.25) is 0 Å². The molecule has 0 saturated heterocycles. The SMILES string of the molecule is Cc1nc(C)c(CCNS(=O)(=O)c2ccc(Cl)nn2)s1. The van der Waals surface area contributed by atoms with Crippen LogP contribution in [0.25, 0.3) is 0 Å². The number of hydrogen-bond acceptors (Lipinski definition) is 6. The highest BCUT2D eigenvalue weighted by atomic mass is 35.5. The Bertz CT molecular complexity index is 698. The summed E-state index contributed by atoms with van der Waals surface area (Å²) in [6.07, 6.45) is 0.595. The van der Waals surface area contributed by atoms with E-state index in [1.54, 1.807) is 11.3 Å². The molecule has 0 amide bonds. The Morgan fingerprint density at radius 3 is 2.60 bits per heavy atom. The summed E-state index contributed by atoms with van der Waals surface area (Å²) < 4.78 is 26.4. The van der Waals surface area contributed by atoms with Crippen molar-refractivity contribution in [2.24, 2.45) is 0 Å². The number of nitrogens with one attached hydrogen (secondary N) is 1. The fourth-order valence-corrected chi connectivity index (χ4v) is 3.58. The average molecular weight is 333 g/mol. The predicted octanol–water partition coefficient (Wildman–Crippen LogP) is 1.72. The number of aryl methyl sites for hydroxylation is 2. The zero-order valence-electron chi connectivity index (χ0n) is 10.9. The Balaban J connectivity index is 1.99. The van der Waals surface area contributed by atoms with Crippen LogP contribution < -0.4 is 4.72 Å². The number of rotatable bonds is 5. The number of thiazole rings is 1. The first-order valence-corrected chi connectivity index (χ1v) is 8.48. The molecule has 0 fully saturated rings. The van der Waals surface area contributed by atoms with Crippen LogP contribution >= 0.6 is 22.9 Å². The van der Waals surface area contributed by atoms with Crippen LogP contribution in [0.1, 0.15) is 15.6 Å². The number of halogens is 1. The van der Waals surface area contributed by atoms with E-state index < -0.39 is 10.0 Å². The maximum Gasteiger partial charge on any atom is 0.259 e. The molecule has 6 nitrogen and oxygen atoms in total. The van der Waals surface area contributed by atoms with Gasteiger partial charge in [0.1, 0.15) is 0 Å². The summed E-state index contributed by atoms with van der Waals surface area (Å²) in [5.74, 6) is 0. The Labute approximate surface area is 126 Å². The molecule has 2 heterocycles. The highest BCUT2D eigenvalue weighted by Crippen LogP contribution is 2.17. The van der Waals surface area contributed by atoms with Crippen LogP contribution in [0.2, 0.25) is 5.15 Å². The molecule has 0 aliphatic heterocycles. The van der Waals surface area contributed by atoms with Gasteiger partial charge in [-0.3, -0.25) is 0 Å². The lowest BCUT2D eigenvalue weighted by atomic mass is 10.3. The van der Waals surface area contributed by atoms with Crippen molar-refractivity contribution in [1.82, 2.24) is 19.9 Å². The minimum atomic E-state index is -3.65. The van der Waals surface area contributed by atoms with Gasteiger partial charge in [-0.25, -0.2) is 18.1 Å². The molecule has 1 N–H and O–H groups in total. The topological polar surface area (TPSA) is 84.8 Å². The second-order valence-electron chi connectivity index (χ2n) is 4.08. The zero-order valence-corrected chi connectivity index (χ0v) is 13.3. The largest absolute Gasteiger partial charge is 0.259 e. The maximum absolute atomic E-state index is 12.0. The van der Waals surface area contributed by atoms with E-state index in [0.717, 1.165) is 15.6 Å². The van der Waals surface area contributed by atoms with Crippen molar-refractivity contribution in [2.75, 3.05) is 6.54 Å². The minimum Gasteiger partial charge on any atom is -0.247 e. The summed E-state index contributed by atoms with van der Waals surface area (Å²) in [5, 5.41) is 8.06. The third kappa shape index (κ3) is 3.72. The summed E-state index contributed by atoms with van der Waals surface area (Å²) in [5.41, 5.74) is 0.943. The van der Waals surface area contributed by atoms with Crippen LogP contribution in [-0.4, -0.2) is 30.1 Å². The molecule has 0 radical (unpaired) electrons. The maximum atomic E-state index is 12.0. The Morgan fingerprint density at radius 2 is 2.05 bits per heavy atom. The van der Waals surface area contributed by atoms with Crippen molar-refractivity contribution in [1.29, 1.82) is 0 Å². The van der Waals surface area contributed by atoms with Crippen LogP contribution in [0, 0.1) is 13.8 Å². The quantitative estimate of drug-likeness (QED) is 0.901. The van der Waals surface area contributed by atoms with E-state index in [4.69, 9.17) is 11.6 Å². The van der Waals surface area contributed by atoms with E-state index >= 15 is 0 Å². The van der Waals surface area contributed by atoms with Crippen LogP contribution in [0.4, 0.5) is 0 Å². The number of hydrogen-bond donors (Lipinski definition) is 1. The molecule has 0 atom stereocenters. The lowest BCUT2D eigenvalue weighted by Crippen LogP contribution is -2.27. The lowest BCUT2D eigenvalue weighted by Gasteiger charge is -2.04. The fourth-order valence-electron chi connectivity index (χ4n) is 1.63. The molecule has 0 saturated carbocycles. The van der Waals surface area contributed by atoms with Crippen LogP contribution in [-0.2, 0) is 16.4 Å². The van der Waals surface area contributed by atoms with E-state index in [2.05, 4.69) is 19.9 Å². The molecule has 9 heteroatoms. The predicted molar refractivity (Wildman–Crippen MR) is 77.5 cm³/mol. The van der Waals surface area contributed by atoms with Crippen molar-refractivity contribution in [3.8, 4) is 0 Å². The number of nitrogens with zero attached hydrogens (tertiary/aromatic N) is 3. The molecule has 0 spiro atoms. The lowest BCUT2D eigenvalue weighted by molar-refractivity contribution is 0.575. The van der Waals surface area contributed by atoms with Gasteiger partial charge in [-0.1, -0.05) is 11.6 Å². The van der Waals surface area contributed by atoms with Gasteiger partial charge < -0.3 is 0 Å². The summed E-state index contributed by atoms with van der Waals surface area (Å²) in [7, 11) is -3.65. The second-order valence-corrected chi connectivity index (χ2v) is 7.47. The standard InChI is InChI=1S/C11H13ClN4O2S2/c1-7-9(19-8(2)14-7)5-6-13-20(17,18)11-4-3-10(12)15-16-11/h3-4,13H,5-6H2,1-2H3. The van der Waals surface area contributed by atoms with E-state index in [1.807, 2.05) is 13.8 Å². The summed E-state index contributed by atoms with van der Waals surface area (Å²) in [4.78, 5) is 5.37. The van der Waals surface area contributed by atoms with Gasteiger partial charge in [0.15, 0.2) is 10.2 Å². The molecular formula is C11H13ClN4O2S2. The van der Waals surface area contributed by atoms with Gasteiger partial charge in [0, 0.05) is 11.4 Å². The van der Waals surface area contributed by atoms with Crippen molar-refractivity contribution >= 4 is 33.0 Å². The Morgan fingerprint density at radius 1 is 1.30 bits per heavy atom. The average Bonchev–Trinajstić information content (AvgIpc) is 2.68. The van der Waals surface area contributed by atoms with Crippen molar-refractivity contribution < 1.29 is 8.42 Å². The summed E-state index contributed by atoms with van der Waals surface area (Å²) in [6, 6.07) is 2.71. The van der Waals surface area contributed by atoms with E-state index in [9.17, 15) is 8.42 Å². The van der Waals surface area contributed by atoms with E-state index in [-0.39, 0.29) is 16.7 Å². The van der Waals surface area contributed by atoms with Crippen molar-refractivity contribution in [3.63, 3.8) is 0 Å². The third-order valence-electron chi connectivity index (χ3n) is 2.53. The minimum absolute atomic E-state index is 0.140. The summed E-state index contributed by atoms with van der Waals surface area (Å²) >= 11 is 7.14. The molecule has 2 aromatic rings. The monoisotopic (exact) mass is 332 g/mol. The van der Waals surface area contributed by atoms with Gasteiger partial charge >= 0.3 is 0 Å². The van der Waals surface area contributed by atoms with Gasteiger partial charge in [0.25, 0.3) is 10.0 Å². The summed E-state index contributed by atoms with van der Waals surface area (Å²) in [6.45, 7) is 4.13.